The van der Waals surface area contributed by atoms with Crippen molar-refractivity contribution in [3.8, 4) is 0 Å². The van der Waals surface area contributed by atoms with E-state index in [-0.39, 0.29) is 37.6 Å². The molecule has 1 aliphatic rings. The van der Waals surface area contributed by atoms with Crippen LogP contribution in [0.15, 0.2) is 78.9 Å². The topological polar surface area (TPSA) is 97.3 Å². The minimum atomic E-state index is -5.06. The number of amides is 2. The highest BCUT2D eigenvalue weighted by atomic mass is 19.4. The fourth-order valence-corrected chi connectivity index (χ4v) is 5.80. The van der Waals surface area contributed by atoms with E-state index >= 15 is 0 Å². The van der Waals surface area contributed by atoms with Crippen molar-refractivity contribution in [1.82, 2.24) is 10.2 Å². The van der Waals surface area contributed by atoms with Gasteiger partial charge in [0.25, 0.3) is 0 Å². The van der Waals surface area contributed by atoms with E-state index in [0.717, 1.165) is 0 Å². The summed E-state index contributed by atoms with van der Waals surface area (Å²) in [5.74, 6) is 0. The van der Waals surface area contributed by atoms with Crippen LogP contribution in [0.5, 0.6) is 0 Å². The molecule has 0 aromatic heterocycles. The van der Waals surface area contributed by atoms with E-state index in [2.05, 4.69) is 5.32 Å². The molecule has 1 heterocycles. The first kappa shape index (κ1) is 38.5. The first-order valence-corrected chi connectivity index (χ1v) is 15.8. The first-order chi connectivity index (χ1) is 23.3. The van der Waals surface area contributed by atoms with Crippen LogP contribution in [0.3, 0.4) is 0 Å². The number of halogens is 6. The smallest absolute Gasteiger partial charge is 0.416 e. The summed E-state index contributed by atoms with van der Waals surface area (Å²) in [5, 5.41) is 13.3. The maximum absolute atomic E-state index is 14.1. The third-order valence-corrected chi connectivity index (χ3v) is 8.45. The van der Waals surface area contributed by atoms with E-state index in [0.29, 0.717) is 23.3 Å². The Morgan fingerprint density at radius 1 is 0.880 bits per heavy atom. The van der Waals surface area contributed by atoms with Crippen molar-refractivity contribution in [2.24, 2.45) is 0 Å². The normalized spacial score (nSPS) is 20.6. The van der Waals surface area contributed by atoms with Gasteiger partial charge in [0.15, 0.2) is 0 Å². The number of aliphatic hydroxyl groups excluding tert-OH is 1. The predicted octanol–water partition coefficient (Wildman–Crippen LogP) is 8.39. The van der Waals surface area contributed by atoms with Crippen molar-refractivity contribution >= 4 is 12.2 Å². The quantitative estimate of drug-likeness (QED) is 0.217. The average Bonchev–Trinajstić information content (AvgIpc) is 3.05. The molecule has 3 aromatic carbocycles. The standard InChI is InChI=1S/C36H40F6N2O6/c1-24(26-17-28(35(37,38)39)19-29(18-26)36(40,41)42)49-23-34(27-13-9-6-10-14-27)16-15-33(22-45,43-30(46)50-32(2,3)4)21-44(34)31(47)48-20-25-11-7-5-8-12-25/h5-14,17-19,24,45H,15-16,20-23H2,1-4H3,(H,43,46)/t24-,33-,34-/m1/s1. The molecule has 2 N–H and O–H groups in total. The third-order valence-electron chi connectivity index (χ3n) is 8.45. The molecule has 8 nitrogen and oxygen atoms in total. The number of carbonyl (C=O) groups is 2. The van der Waals surface area contributed by atoms with Gasteiger partial charge in [-0.1, -0.05) is 60.7 Å². The van der Waals surface area contributed by atoms with Gasteiger partial charge in [0.05, 0.1) is 48.1 Å². The fourth-order valence-electron chi connectivity index (χ4n) is 5.80. The minimum absolute atomic E-state index is 0.0247. The molecule has 0 radical (unpaired) electrons. The lowest BCUT2D eigenvalue weighted by Crippen LogP contribution is -2.68. The van der Waals surface area contributed by atoms with Crippen LogP contribution in [0.2, 0.25) is 0 Å². The highest BCUT2D eigenvalue weighted by Gasteiger charge is 2.53. The number of nitrogens with zero attached hydrogens (tertiary/aromatic N) is 1. The van der Waals surface area contributed by atoms with Crippen molar-refractivity contribution in [2.75, 3.05) is 19.8 Å². The van der Waals surface area contributed by atoms with Gasteiger partial charge in [-0.05, 0) is 75.4 Å². The highest BCUT2D eigenvalue weighted by Crippen LogP contribution is 2.44. The highest BCUT2D eigenvalue weighted by molar-refractivity contribution is 5.72. The van der Waals surface area contributed by atoms with Crippen LogP contribution in [0.25, 0.3) is 0 Å². The predicted molar refractivity (Wildman–Crippen MR) is 171 cm³/mol. The molecule has 1 fully saturated rings. The number of piperidine rings is 1. The maximum atomic E-state index is 14.1. The van der Waals surface area contributed by atoms with Gasteiger partial charge < -0.3 is 24.6 Å². The lowest BCUT2D eigenvalue weighted by molar-refractivity contribution is -0.143. The molecule has 3 aromatic rings. The molecule has 1 aliphatic heterocycles. The zero-order valence-corrected chi connectivity index (χ0v) is 28.0. The molecule has 272 valence electrons. The van der Waals surface area contributed by atoms with E-state index < -0.39 is 71.7 Å². The number of aliphatic hydroxyl groups is 1. The van der Waals surface area contributed by atoms with Gasteiger partial charge in [-0.2, -0.15) is 26.3 Å². The fraction of sp³-hybridized carbons (Fsp3) is 0.444. The van der Waals surface area contributed by atoms with Gasteiger partial charge in [0.1, 0.15) is 12.2 Å². The van der Waals surface area contributed by atoms with Gasteiger partial charge in [0.2, 0.25) is 0 Å². The van der Waals surface area contributed by atoms with Gasteiger partial charge in [-0.15, -0.1) is 0 Å². The van der Waals surface area contributed by atoms with Gasteiger partial charge in [0, 0.05) is 0 Å². The maximum Gasteiger partial charge on any atom is 0.416 e. The Morgan fingerprint density at radius 3 is 1.96 bits per heavy atom. The Morgan fingerprint density at radius 2 is 1.44 bits per heavy atom. The summed E-state index contributed by atoms with van der Waals surface area (Å²) in [6.45, 7) is 4.83. The lowest BCUT2D eigenvalue weighted by Gasteiger charge is -2.53. The SMILES string of the molecule is C[C@@H](OC[C@@]1(c2ccccc2)CC[C@@](CO)(NC(=O)OC(C)(C)C)CN1C(=O)OCc1ccccc1)c1cc(C(F)(F)F)cc(C(F)(F)F)c1. The van der Waals surface area contributed by atoms with Crippen molar-refractivity contribution in [2.45, 2.75) is 82.3 Å². The van der Waals surface area contributed by atoms with Crippen molar-refractivity contribution in [1.29, 1.82) is 0 Å². The number of benzene rings is 3. The minimum Gasteiger partial charge on any atom is -0.445 e. The number of likely N-dealkylation sites (tertiary alicyclic amines) is 1. The molecule has 0 spiro atoms. The van der Waals surface area contributed by atoms with Crippen molar-refractivity contribution in [3.63, 3.8) is 0 Å². The lowest BCUT2D eigenvalue weighted by atomic mass is 9.75. The number of ether oxygens (including phenoxy) is 3. The largest absolute Gasteiger partial charge is 0.445 e. The molecule has 50 heavy (non-hydrogen) atoms. The van der Waals surface area contributed by atoms with Gasteiger partial charge in [-0.3, -0.25) is 4.90 Å². The molecule has 0 aliphatic carbocycles. The van der Waals surface area contributed by atoms with Crippen LogP contribution in [0.1, 0.15) is 74.5 Å². The van der Waals surface area contributed by atoms with E-state index in [1.165, 1.54) is 11.8 Å². The summed E-state index contributed by atoms with van der Waals surface area (Å²) < 4.78 is 99.2. The summed E-state index contributed by atoms with van der Waals surface area (Å²) in [6, 6.07) is 18.5. The van der Waals surface area contributed by atoms with Crippen LogP contribution >= 0.6 is 0 Å². The van der Waals surface area contributed by atoms with E-state index in [1.54, 1.807) is 81.4 Å². The Bertz CT molecular complexity index is 1580. The number of hydrogen-bond donors (Lipinski definition) is 2. The number of carbonyl (C=O) groups excluding carboxylic acids is 2. The average molecular weight is 711 g/mol. The summed E-state index contributed by atoms with van der Waals surface area (Å²) >= 11 is 0. The van der Waals surface area contributed by atoms with E-state index in [4.69, 9.17) is 14.2 Å². The van der Waals surface area contributed by atoms with Crippen LogP contribution in [-0.2, 0) is 38.7 Å². The molecular formula is C36H40F6N2O6. The zero-order chi connectivity index (χ0) is 37.0. The summed E-state index contributed by atoms with van der Waals surface area (Å²) in [6.07, 6.45) is -13.0. The van der Waals surface area contributed by atoms with Crippen LogP contribution in [-0.4, -0.2) is 53.1 Å². The van der Waals surface area contributed by atoms with E-state index in [9.17, 15) is 41.0 Å². The number of nitrogens with one attached hydrogen (secondary N) is 1. The second kappa shape index (κ2) is 14.9. The van der Waals surface area contributed by atoms with Crippen molar-refractivity contribution < 1.29 is 55.2 Å². The Hall–Kier alpha value is -4.30. The monoisotopic (exact) mass is 710 g/mol. The molecule has 0 saturated carbocycles. The number of rotatable bonds is 9. The number of alkyl carbamates (subject to hydrolysis) is 1. The first-order valence-electron chi connectivity index (χ1n) is 15.8. The van der Waals surface area contributed by atoms with Gasteiger partial charge >= 0.3 is 24.5 Å². The van der Waals surface area contributed by atoms with Crippen LogP contribution in [0, 0.1) is 0 Å². The molecule has 0 bridgehead atoms. The summed E-state index contributed by atoms with van der Waals surface area (Å²) in [4.78, 5) is 28.3. The second-order valence-electron chi connectivity index (χ2n) is 13.4. The number of alkyl halides is 6. The molecular weight excluding hydrogens is 670 g/mol. The molecule has 14 heteroatoms. The van der Waals surface area contributed by atoms with Crippen LogP contribution in [0.4, 0.5) is 35.9 Å². The third kappa shape index (κ3) is 9.48. The Kier molecular flexibility index (Phi) is 11.5. The summed E-state index contributed by atoms with van der Waals surface area (Å²) in [5.41, 5.74) is -5.86. The second-order valence-corrected chi connectivity index (χ2v) is 13.4. The summed E-state index contributed by atoms with van der Waals surface area (Å²) in [7, 11) is 0. The molecule has 1 saturated heterocycles. The molecule has 0 unspecified atom stereocenters. The molecule has 3 atom stereocenters. The van der Waals surface area contributed by atoms with E-state index in [1.807, 2.05) is 0 Å². The Balaban J connectivity index is 1.75. The molecule has 2 amide bonds. The zero-order valence-electron chi connectivity index (χ0n) is 28.0. The number of hydrogen-bond acceptors (Lipinski definition) is 6. The molecule has 4 rings (SSSR count). The van der Waals surface area contributed by atoms with Crippen molar-refractivity contribution in [3.05, 3.63) is 107 Å². The van der Waals surface area contributed by atoms with Crippen LogP contribution < -0.4 is 5.32 Å². The van der Waals surface area contributed by atoms with Gasteiger partial charge in [-0.25, -0.2) is 9.59 Å². The Labute approximate surface area is 286 Å².